The van der Waals surface area contributed by atoms with Crippen molar-refractivity contribution in [3.8, 4) is 22.3 Å². The fourth-order valence-electron chi connectivity index (χ4n) is 7.04. The predicted octanol–water partition coefficient (Wildman–Crippen LogP) is 20.8. The Morgan fingerprint density at radius 2 is 0.429 bits per heavy atom. The van der Waals surface area contributed by atoms with Gasteiger partial charge in [-0.15, -0.1) is 0 Å². The van der Waals surface area contributed by atoms with Crippen LogP contribution in [-0.4, -0.2) is 0 Å². The average Bonchev–Trinajstić information content (AvgIpc) is 3.29. The summed E-state index contributed by atoms with van der Waals surface area (Å²) in [5, 5.41) is 0. The largest absolute Gasteiger partial charge is 0.416 e. The van der Waals surface area contributed by atoms with Crippen molar-refractivity contribution in [3.63, 3.8) is 0 Å². The molecule has 358 valence electrons. The van der Waals surface area contributed by atoms with Crippen molar-refractivity contribution >= 4 is 112 Å². The first-order chi connectivity index (χ1) is 32.8. The Labute approximate surface area is 427 Å². The van der Waals surface area contributed by atoms with Gasteiger partial charge in [-0.05, 0) is 152 Å². The first kappa shape index (κ1) is 52.4. The fraction of sp³-hybridized carbons (Fsp3) is 0.0741. The van der Waals surface area contributed by atoms with Crippen LogP contribution in [0.25, 0.3) is 70.9 Å². The zero-order valence-corrected chi connectivity index (χ0v) is 41.7. The Bertz CT molecular complexity index is 2920. The molecule has 7 aromatic rings. The van der Waals surface area contributed by atoms with Gasteiger partial charge in [0.25, 0.3) is 0 Å². The lowest BCUT2D eigenvalue weighted by molar-refractivity contribution is -0.138. The molecule has 0 amide bonds. The highest BCUT2D eigenvalue weighted by Gasteiger charge is 2.32. The maximum atomic E-state index is 13.3. The number of alkyl halides is 12. The number of benzene rings is 7. The third kappa shape index (κ3) is 13.1. The number of rotatable bonds is 10. The molecule has 0 aliphatic carbocycles. The third-order valence-electron chi connectivity index (χ3n) is 10.8. The molecule has 0 saturated carbocycles. The van der Waals surface area contributed by atoms with Crippen LogP contribution in [0.15, 0.2) is 151 Å². The average molecular weight is 1230 g/mol. The zero-order chi connectivity index (χ0) is 50.8. The number of halogens is 16. The molecule has 0 N–H and O–H groups in total. The van der Waals surface area contributed by atoms with Crippen LogP contribution < -0.4 is 0 Å². The predicted molar refractivity (Wildman–Crippen MR) is 270 cm³/mol. The molecule has 70 heavy (non-hydrogen) atoms. The summed E-state index contributed by atoms with van der Waals surface area (Å²) in [5.41, 5.74) is 3.93. The molecule has 16 heteroatoms. The van der Waals surface area contributed by atoms with E-state index in [2.05, 4.69) is 63.7 Å². The van der Waals surface area contributed by atoms with E-state index in [0.717, 1.165) is 48.5 Å². The Morgan fingerprint density at radius 1 is 0.243 bits per heavy atom. The second-order valence-electron chi connectivity index (χ2n) is 15.5. The maximum absolute atomic E-state index is 13.3. The molecule has 0 nitrogen and oxygen atoms in total. The summed E-state index contributed by atoms with van der Waals surface area (Å²) in [6, 6.07) is 29.5. The van der Waals surface area contributed by atoms with Crippen LogP contribution in [0.3, 0.4) is 0 Å². The van der Waals surface area contributed by atoms with Crippen LogP contribution in [0.2, 0.25) is 0 Å². The molecule has 0 bridgehead atoms. The summed E-state index contributed by atoms with van der Waals surface area (Å²) in [6.45, 7) is 0. The van der Waals surface area contributed by atoms with Crippen molar-refractivity contribution in [3.05, 3.63) is 218 Å². The zero-order valence-electron chi connectivity index (χ0n) is 35.4. The van der Waals surface area contributed by atoms with Crippen LogP contribution >= 0.6 is 63.7 Å². The lowest BCUT2D eigenvalue weighted by atomic mass is 9.94. The second-order valence-corrected chi connectivity index (χ2v) is 19.0. The summed E-state index contributed by atoms with van der Waals surface area (Å²) in [4.78, 5) is 0. The monoisotopic (exact) mass is 1220 g/mol. The van der Waals surface area contributed by atoms with Gasteiger partial charge >= 0.3 is 24.7 Å². The number of hydrogen-bond donors (Lipinski definition) is 0. The smallest absolute Gasteiger partial charge is 0.166 e. The fourth-order valence-corrected chi connectivity index (χ4v) is 9.30. The quantitative estimate of drug-likeness (QED) is 0.0946. The lowest BCUT2D eigenvalue weighted by Crippen LogP contribution is -2.03. The van der Waals surface area contributed by atoms with E-state index in [1.165, 1.54) is 48.5 Å². The number of hydrogen-bond acceptors (Lipinski definition) is 0. The molecule has 0 aliphatic rings. The molecule has 7 rings (SSSR count). The van der Waals surface area contributed by atoms with E-state index >= 15 is 0 Å². The highest BCUT2D eigenvalue weighted by molar-refractivity contribution is 9.11. The van der Waals surface area contributed by atoms with E-state index in [-0.39, 0.29) is 0 Å². The Balaban J connectivity index is 1.28. The summed E-state index contributed by atoms with van der Waals surface area (Å²) in [7, 11) is 0. The minimum atomic E-state index is -4.52. The van der Waals surface area contributed by atoms with Gasteiger partial charge < -0.3 is 0 Å². The highest BCUT2D eigenvalue weighted by Crippen LogP contribution is 2.44. The molecule has 0 atom stereocenters. The van der Waals surface area contributed by atoms with E-state index in [9.17, 15) is 52.7 Å². The molecule has 0 aromatic heterocycles. The molecule has 7 aromatic carbocycles. The molecule has 0 unspecified atom stereocenters. The van der Waals surface area contributed by atoms with E-state index < -0.39 is 47.0 Å². The Kier molecular flexibility index (Phi) is 15.8. The van der Waals surface area contributed by atoms with Crippen LogP contribution in [0, 0.1) is 0 Å². The minimum absolute atomic E-state index is 0.476. The van der Waals surface area contributed by atoms with Crippen molar-refractivity contribution in [1.29, 1.82) is 0 Å². The van der Waals surface area contributed by atoms with Gasteiger partial charge in [-0.25, -0.2) is 0 Å². The normalized spacial score (nSPS) is 12.9. The van der Waals surface area contributed by atoms with Crippen LogP contribution in [0.5, 0.6) is 0 Å². The van der Waals surface area contributed by atoms with E-state index in [4.69, 9.17) is 0 Å². The van der Waals surface area contributed by atoms with Crippen LogP contribution in [-0.2, 0) is 24.7 Å². The van der Waals surface area contributed by atoms with E-state index in [1.807, 2.05) is 24.3 Å². The highest BCUT2D eigenvalue weighted by atomic mass is 79.9. The summed E-state index contributed by atoms with van der Waals surface area (Å²) >= 11 is 14.9. The standard InChI is InChI=1S/C54H30Br4F12/c55-47-27-37(15-3-33-9-21-41(22-10-33)53(65,66)67)35(13-1-31-5-17-39(18-6-31)51(59,60)61)25-43(47)45-29-50(58)46(30-49(45)57)44-26-36(14-2-32-7-19-40(20-8-32)52(62,63)64)38(28-48(44)56)16-4-34-11-23-42(24-12-34)54(68,69)70/h1-30H/b13-1+,14-2+,15-3+,16-4+. The molecule has 0 heterocycles. The van der Waals surface area contributed by atoms with Crippen LogP contribution in [0.1, 0.15) is 66.8 Å². The van der Waals surface area contributed by atoms with Crippen molar-refractivity contribution < 1.29 is 52.7 Å². The van der Waals surface area contributed by atoms with Crippen molar-refractivity contribution in [1.82, 2.24) is 0 Å². The molecular weight excluding hydrogens is 1200 g/mol. The minimum Gasteiger partial charge on any atom is -0.166 e. The SMILES string of the molecule is FC(F)(F)c1ccc(/C=C/c2cc(Br)c(-c3cc(Br)c(-c4cc(/C=C/c5ccc(C(F)(F)F)cc5)c(/C=C/c5ccc(C(F)(F)F)cc5)cc4Br)cc3Br)cc2/C=C/c2ccc(C(F)(F)F)cc2)cc1. The molecule has 0 saturated heterocycles. The van der Waals surface area contributed by atoms with Crippen molar-refractivity contribution in [2.75, 3.05) is 0 Å². The Morgan fingerprint density at radius 3 is 0.643 bits per heavy atom. The first-order valence-corrected chi connectivity index (χ1v) is 23.6. The molecule has 0 aliphatic heterocycles. The van der Waals surface area contributed by atoms with Gasteiger partial charge in [0.05, 0.1) is 22.3 Å². The third-order valence-corrected chi connectivity index (χ3v) is 13.4. The van der Waals surface area contributed by atoms with Crippen molar-refractivity contribution in [2.45, 2.75) is 24.7 Å². The molecule has 0 fully saturated rings. The van der Waals surface area contributed by atoms with Gasteiger partial charge in [-0.1, -0.05) is 161 Å². The lowest BCUT2D eigenvalue weighted by Gasteiger charge is -2.16. The van der Waals surface area contributed by atoms with Gasteiger partial charge in [0.2, 0.25) is 0 Å². The van der Waals surface area contributed by atoms with E-state index in [0.29, 0.717) is 84.7 Å². The van der Waals surface area contributed by atoms with Crippen molar-refractivity contribution in [2.24, 2.45) is 0 Å². The maximum Gasteiger partial charge on any atom is 0.416 e. The van der Waals surface area contributed by atoms with Gasteiger partial charge in [0.15, 0.2) is 0 Å². The topological polar surface area (TPSA) is 0 Å². The van der Waals surface area contributed by atoms with Gasteiger partial charge in [-0.2, -0.15) is 52.7 Å². The van der Waals surface area contributed by atoms with E-state index in [1.54, 1.807) is 60.7 Å². The van der Waals surface area contributed by atoms with Gasteiger partial charge in [0, 0.05) is 17.9 Å². The van der Waals surface area contributed by atoms with Crippen LogP contribution in [0.4, 0.5) is 52.7 Å². The summed E-state index contributed by atoms with van der Waals surface area (Å²) in [5.74, 6) is 0. The van der Waals surface area contributed by atoms with Gasteiger partial charge in [-0.3, -0.25) is 0 Å². The summed E-state index contributed by atoms with van der Waals surface area (Å²) in [6.07, 6.45) is -4.66. The molecule has 0 radical (unpaired) electrons. The molecule has 0 spiro atoms. The summed E-state index contributed by atoms with van der Waals surface area (Å²) < 4.78 is 162. The van der Waals surface area contributed by atoms with Gasteiger partial charge in [0.1, 0.15) is 0 Å². The molecular formula is C54H30Br4F12. The second kappa shape index (κ2) is 21.1. The Hall–Kier alpha value is -5.42. The first-order valence-electron chi connectivity index (χ1n) is 20.4.